The molecule has 2 rings (SSSR count). The quantitative estimate of drug-likeness (QED) is 0.538. The lowest BCUT2D eigenvalue weighted by atomic mass is 10.2. The van der Waals surface area contributed by atoms with Gasteiger partial charge in [-0.3, -0.25) is 10.4 Å². The highest BCUT2D eigenvalue weighted by molar-refractivity contribution is 5.36. The Kier molecular flexibility index (Phi) is 4.83. The molecule has 2 aromatic rings. The number of nitrogens with two attached hydrogens (primary N) is 1. The predicted octanol–water partition coefficient (Wildman–Crippen LogP) is 1.26. The van der Waals surface area contributed by atoms with E-state index in [2.05, 4.69) is 30.7 Å². The molecule has 112 valence electrons. The fourth-order valence-corrected chi connectivity index (χ4v) is 1.63. The Morgan fingerprint density at radius 2 is 2.00 bits per heavy atom. The number of nitrogens with zero attached hydrogens (tertiary/aromatic N) is 4. The molecule has 0 radical (unpaired) electrons. The number of rotatable bonds is 6. The van der Waals surface area contributed by atoms with Crippen LogP contribution in [0.15, 0.2) is 18.3 Å². The molecule has 21 heavy (non-hydrogen) atoms. The molecule has 0 amide bonds. The van der Waals surface area contributed by atoms with E-state index in [0.29, 0.717) is 12.5 Å². The third-order valence-corrected chi connectivity index (χ3v) is 2.62. The van der Waals surface area contributed by atoms with Crippen LogP contribution in [0, 0.1) is 6.92 Å². The monoisotopic (exact) mass is 289 g/mol. The van der Waals surface area contributed by atoms with Crippen LogP contribution in [-0.4, -0.2) is 26.0 Å². The van der Waals surface area contributed by atoms with Crippen LogP contribution in [0.4, 0.5) is 11.9 Å². The normalized spacial score (nSPS) is 10.5. The van der Waals surface area contributed by atoms with Gasteiger partial charge in [0, 0.05) is 6.20 Å². The van der Waals surface area contributed by atoms with Crippen molar-refractivity contribution in [1.29, 1.82) is 0 Å². The van der Waals surface area contributed by atoms with Gasteiger partial charge in [0.25, 0.3) is 0 Å². The summed E-state index contributed by atoms with van der Waals surface area (Å²) in [6, 6.07) is 4.11. The molecule has 0 bridgehead atoms. The van der Waals surface area contributed by atoms with Crippen molar-refractivity contribution in [3.8, 4) is 6.01 Å². The van der Waals surface area contributed by atoms with Gasteiger partial charge < -0.3 is 10.1 Å². The van der Waals surface area contributed by atoms with Gasteiger partial charge in [0.1, 0.15) is 0 Å². The molecule has 2 aromatic heterocycles. The van der Waals surface area contributed by atoms with Crippen LogP contribution < -0.4 is 21.3 Å². The van der Waals surface area contributed by atoms with Gasteiger partial charge in [-0.25, -0.2) is 5.84 Å². The van der Waals surface area contributed by atoms with Gasteiger partial charge in [0.15, 0.2) is 0 Å². The largest absolute Gasteiger partial charge is 0.461 e. The molecule has 0 saturated carbocycles. The van der Waals surface area contributed by atoms with Gasteiger partial charge in [0.2, 0.25) is 11.9 Å². The number of hydrogen-bond donors (Lipinski definition) is 3. The lowest BCUT2D eigenvalue weighted by Gasteiger charge is -2.11. The van der Waals surface area contributed by atoms with E-state index in [1.165, 1.54) is 0 Å². The maximum atomic E-state index is 5.46. The lowest BCUT2D eigenvalue weighted by Crippen LogP contribution is -2.16. The second-order valence-electron chi connectivity index (χ2n) is 4.70. The third-order valence-electron chi connectivity index (χ3n) is 2.62. The summed E-state index contributed by atoms with van der Waals surface area (Å²) in [5.74, 6) is 5.96. The number of hydrazine groups is 1. The number of pyridine rings is 1. The molecule has 8 nitrogen and oxygen atoms in total. The molecule has 0 unspecified atom stereocenters. The van der Waals surface area contributed by atoms with Gasteiger partial charge in [-0.15, -0.1) is 0 Å². The second kappa shape index (κ2) is 6.80. The van der Waals surface area contributed by atoms with Gasteiger partial charge in [-0.2, -0.15) is 15.0 Å². The van der Waals surface area contributed by atoms with E-state index in [1.54, 1.807) is 6.20 Å². The molecular weight excluding hydrogens is 270 g/mol. The van der Waals surface area contributed by atoms with Crippen molar-refractivity contribution in [2.45, 2.75) is 33.4 Å². The molecule has 0 saturated heterocycles. The summed E-state index contributed by atoms with van der Waals surface area (Å²) < 4.78 is 5.46. The summed E-state index contributed by atoms with van der Waals surface area (Å²) in [6.07, 6.45) is 1.71. The first-order valence-corrected chi connectivity index (χ1v) is 6.62. The van der Waals surface area contributed by atoms with Crippen LogP contribution >= 0.6 is 0 Å². The van der Waals surface area contributed by atoms with Crippen LogP contribution in [0.25, 0.3) is 0 Å². The molecule has 0 aliphatic heterocycles. The van der Waals surface area contributed by atoms with Gasteiger partial charge in [-0.1, -0.05) is 6.07 Å². The molecule has 0 atom stereocenters. The van der Waals surface area contributed by atoms with Crippen molar-refractivity contribution in [1.82, 2.24) is 19.9 Å². The number of hydrogen-bond acceptors (Lipinski definition) is 8. The standard InChI is InChI=1S/C13H19N7O/c1-8(2)21-13-18-11(17-12(19-13)20-14)16-7-10-9(3)5-4-6-15-10/h4-6,8H,7,14H2,1-3H3,(H2,16,17,18,19,20). The lowest BCUT2D eigenvalue weighted by molar-refractivity contribution is 0.222. The first-order chi connectivity index (χ1) is 10.1. The average Bonchev–Trinajstić information content (AvgIpc) is 2.45. The zero-order valence-electron chi connectivity index (χ0n) is 12.3. The minimum Gasteiger partial charge on any atom is -0.461 e. The first-order valence-electron chi connectivity index (χ1n) is 6.62. The van der Waals surface area contributed by atoms with E-state index in [9.17, 15) is 0 Å². The summed E-state index contributed by atoms with van der Waals surface area (Å²) in [5.41, 5.74) is 4.41. The Morgan fingerprint density at radius 3 is 2.67 bits per heavy atom. The van der Waals surface area contributed by atoms with Crippen molar-refractivity contribution < 1.29 is 4.74 Å². The summed E-state index contributed by atoms with van der Waals surface area (Å²) in [4.78, 5) is 16.6. The fourth-order valence-electron chi connectivity index (χ4n) is 1.63. The Morgan fingerprint density at radius 1 is 1.24 bits per heavy atom. The molecule has 0 fully saturated rings. The molecule has 8 heteroatoms. The maximum absolute atomic E-state index is 5.46. The van der Waals surface area contributed by atoms with Crippen LogP contribution in [0.3, 0.4) is 0 Å². The second-order valence-corrected chi connectivity index (χ2v) is 4.70. The van der Waals surface area contributed by atoms with Gasteiger partial charge in [0.05, 0.1) is 18.3 Å². The highest BCUT2D eigenvalue weighted by Gasteiger charge is 2.09. The number of nitrogen functional groups attached to an aromatic ring is 1. The van der Waals surface area contributed by atoms with Crippen LogP contribution in [-0.2, 0) is 6.54 Å². The summed E-state index contributed by atoms with van der Waals surface area (Å²) in [7, 11) is 0. The van der Waals surface area contributed by atoms with Gasteiger partial charge >= 0.3 is 6.01 Å². The number of aryl methyl sites for hydroxylation is 1. The summed E-state index contributed by atoms with van der Waals surface area (Å²) >= 11 is 0. The smallest absolute Gasteiger partial charge is 0.323 e. The summed E-state index contributed by atoms with van der Waals surface area (Å²) in [6.45, 7) is 6.28. The zero-order chi connectivity index (χ0) is 15.2. The number of nitrogens with one attached hydrogen (secondary N) is 2. The average molecular weight is 289 g/mol. The molecule has 0 aromatic carbocycles. The fraction of sp³-hybridized carbons (Fsp3) is 0.385. The van der Waals surface area contributed by atoms with Crippen molar-refractivity contribution in [2.24, 2.45) is 5.84 Å². The Labute approximate surface area is 123 Å². The van der Waals surface area contributed by atoms with Crippen molar-refractivity contribution in [3.05, 3.63) is 29.6 Å². The van der Waals surface area contributed by atoms with Crippen molar-refractivity contribution in [3.63, 3.8) is 0 Å². The molecule has 0 spiro atoms. The topological polar surface area (TPSA) is 111 Å². The minimum absolute atomic E-state index is 0.0380. The molecule has 0 aliphatic rings. The Hall–Kier alpha value is -2.48. The minimum atomic E-state index is -0.0380. The first kappa shape index (κ1) is 14.9. The zero-order valence-corrected chi connectivity index (χ0v) is 12.3. The molecule has 4 N–H and O–H groups in total. The molecule has 2 heterocycles. The maximum Gasteiger partial charge on any atom is 0.323 e. The van der Waals surface area contributed by atoms with E-state index in [1.807, 2.05) is 32.9 Å². The van der Waals surface area contributed by atoms with E-state index in [4.69, 9.17) is 10.6 Å². The van der Waals surface area contributed by atoms with Crippen LogP contribution in [0.1, 0.15) is 25.1 Å². The Bertz CT molecular complexity index is 603. The van der Waals surface area contributed by atoms with E-state index in [-0.39, 0.29) is 18.1 Å². The molecular formula is C13H19N7O. The van der Waals surface area contributed by atoms with E-state index in [0.717, 1.165) is 11.3 Å². The number of ether oxygens (including phenoxy) is 1. The van der Waals surface area contributed by atoms with Crippen molar-refractivity contribution in [2.75, 3.05) is 10.7 Å². The van der Waals surface area contributed by atoms with Gasteiger partial charge in [-0.05, 0) is 32.4 Å². The Balaban J connectivity index is 2.13. The number of aromatic nitrogens is 4. The predicted molar refractivity (Wildman–Crippen MR) is 79.7 cm³/mol. The highest BCUT2D eigenvalue weighted by atomic mass is 16.5. The van der Waals surface area contributed by atoms with Crippen LogP contribution in [0.2, 0.25) is 0 Å². The third kappa shape index (κ3) is 4.25. The van der Waals surface area contributed by atoms with Crippen LogP contribution in [0.5, 0.6) is 6.01 Å². The van der Waals surface area contributed by atoms with E-state index < -0.39 is 0 Å². The molecule has 0 aliphatic carbocycles. The van der Waals surface area contributed by atoms with E-state index >= 15 is 0 Å². The SMILES string of the molecule is Cc1cccnc1CNc1nc(NN)nc(OC(C)C)n1. The van der Waals surface area contributed by atoms with Crippen molar-refractivity contribution >= 4 is 11.9 Å². The number of anilines is 2. The summed E-state index contributed by atoms with van der Waals surface area (Å²) in [5, 5.41) is 3.09. The highest BCUT2D eigenvalue weighted by Crippen LogP contribution is 2.13.